The largest absolute Gasteiger partial charge is 0.453 e. The first kappa shape index (κ1) is 22.1. The van der Waals surface area contributed by atoms with Crippen LogP contribution in [0, 0.1) is 0 Å². The van der Waals surface area contributed by atoms with Gasteiger partial charge >= 0.3 is 5.97 Å². The zero-order valence-corrected chi connectivity index (χ0v) is 17.5. The van der Waals surface area contributed by atoms with E-state index in [1.165, 1.54) is 23.8 Å². The molecule has 28 heavy (non-hydrogen) atoms. The number of Topliss-reactive ketones (excluding diaryl/α,β-unsaturated/α-hetero) is 1. The van der Waals surface area contributed by atoms with E-state index in [0.29, 0.717) is 9.21 Å². The third-order valence-electron chi connectivity index (χ3n) is 4.18. The Hall–Kier alpha value is -2.18. The maximum atomic E-state index is 12.2. The summed E-state index contributed by atoms with van der Waals surface area (Å²) in [6.07, 6.45) is 0.685. The number of halogens is 1. The molecular formula is C21H24ClNO4S. The Morgan fingerprint density at radius 1 is 1.07 bits per heavy atom. The molecule has 1 aromatic carbocycles. The van der Waals surface area contributed by atoms with E-state index in [-0.39, 0.29) is 30.6 Å². The number of esters is 1. The lowest BCUT2D eigenvalue weighted by Gasteiger charge is -2.18. The van der Waals surface area contributed by atoms with Gasteiger partial charge in [0.15, 0.2) is 11.9 Å². The molecule has 2 atom stereocenters. The van der Waals surface area contributed by atoms with Crippen LogP contribution in [-0.2, 0) is 20.7 Å². The minimum atomic E-state index is -0.905. The summed E-state index contributed by atoms with van der Waals surface area (Å²) in [6, 6.07) is 13.3. The van der Waals surface area contributed by atoms with Crippen LogP contribution in [0.2, 0.25) is 4.34 Å². The Morgan fingerprint density at radius 3 is 2.43 bits per heavy atom. The molecule has 0 spiro atoms. The normalized spacial score (nSPS) is 12.8. The van der Waals surface area contributed by atoms with Crippen molar-refractivity contribution in [3.8, 4) is 0 Å². The molecule has 0 saturated heterocycles. The van der Waals surface area contributed by atoms with Crippen molar-refractivity contribution in [3.05, 3.63) is 57.2 Å². The number of amides is 1. The molecule has 7 heteroatoms. The van der Waals surface area contributed by atoms with Gasteiger partial charge < -0.3 is 10.1 Å². The first-order valence-electron chi connectivity index (χ1n) is 9.17. The molecule has 0 aliphatic rings. The lowest BCUT2D eigenvalue weighted by molar-refractivity contribution is -0.155. The summed E-state index contributed by atoms with van der Waals surface area (Å²) in [7, 11) is 0. The van der Waals surface area contributed by atoms with E-state index in [1.54, 1.807) is 12.1 Å². The van der Waals surface area contributed by atoms with Gasteiger partial charge in [0.25, 0.3) is 5.91 Å². The molecule has 0 unspecified atom stereocenters. The van der Waals surface area contributed by atoms with E-state index < -0.39 is 12.1 Å². The molecule has 150 valence electrons. The third-order valence-corrected chi connectivity index (χ3v) is 5.45. The Morgan fingerprint density at radius 2 is 1.79 bits per heavy atom. The minimum Gasteiger partial charge on any atom is -0.453 e. The van der Waals surface area contributed by atoms with Crippen LogP contribution in [0.15, 0.2) is 42.5 Å². The molecular weight excluding hydrogens is 398 g/mol. The van der Waals surface area contributed by atoms with Crippen molar-refractivity contribution in [3.63, 3.8) is 0 Å². The standard InChI is InChI=1S/C21H24ClNO4S/c1-14(8-9-16-6-4-3-5-7-16)23-21(26)15(2)27-20(25)13-10-17(24)18-11-12-19(22)28-18/h3-7,11-12,14-15H,8-10,13H2,1-2H3,(H,23,26)/t14-,15+/m1/s1. The SMILES string of the molecule is C[C@H](CCc1ccccc1)NC(=O)[C@H](C)OC(=O)CCC(=O)c1ccc(Cl)s1. The first-order chi connectivity index (χ1) is 13.3. The first-order valence-corrected chi connectivity index (χ1v) is 10.4. The summed E-state index contributed by atoms with van der Waals surface area (Å²) in [6.45, 7) is 3.44. The van der Waals surface area contributed by atoms with Gasteiger partial charge in [0.1, 0.15) is 0 Å². The van der Waals surface area contributed by atoms with Crippen LogP contribution in [0.4, 0.5) is 0 Å². The molecule has 0 bridgehead atoms. The van der Waals surface area contributed by atoms with Crippen molar-refractivity contribution in [2.24, 2.45) is 0 Å². The summed E-state index contributed by atoms with van der Waals surface area (Å²) in [4.78, 5) is 36.6. The summed E-state index contributed by atoms with van der Waals surface area (Å²) in [5.41, 5.74) is 1.21. The van der Waals surface area contributed by atoms with Gasteiger partial charge in [0, 0.05) is 12.5 Å². The highest BCUT2D eigenvalue weighted by Crippen LogP contribution is 2.23. The molecule has 0 radical (unpaired) electrons. The number of carbonyl (C=O) groups excluding carboxylic acids is 3. The lowest BCUT2D eigenvalue weighted by Crippen LogP contribution is -2.41. The average Bonchev–Trinajstić information content (AvgIpc) is 3.11. The second-order valence-electron chi connectivity index (χ2n) is 6.59. The molecule has 1 N–H and O–H groups in total. The van der Waals surface area contributed by atoms with Crippen molar-refractivity contribution in [2.45, 2.75) is 51.7 Å². The second kappa shape index (κ2) is 11.0. The number of aryl methyl sites for hydroxylation is 1. The molecule has 1 amide bonds. The number of benzene rings is 1. The predicted octanol–water partition coefficient (Wildman–Crippen LogP) is 4.43. The van der Waals surface area contributed by atoms with E-state index in [4.69, 9.17) is 16.3 Å². The van der Waals surface area contributed by atoms with Gasteiger partial charge in [0.05, 0.1) is 15.6 Å². The molecule has 0 aliphatic heterocycles. The Labute approximate surface area is 174 Å². The summed E-state index contributed by atoms with van der Waals surface area (Å²) in [5.74, 6) is -1.08. The number of hydrogen-bond donors (Lipinski definition) is 1. The quantitative estimate of drug-likeness (QED) is 0.455. The summed E-state index contributed by atoms with van der Waals surface area (Å²) in [5, 5.41) is 2.85. The van der Waals surface area contributed by atoms with Crippen LogP contribution in [0.25, 0.3) is 0 Å². The molecule has 0 fully saturated rings. The number of ketones is 1. The van der Waals surface area contributed by atoms with Crippen molar-refractivity contribution >= 4 is 40.6 Å². The van der Waals surface area contributed by atoms with Gasteiger partial charge in [-0.2, -0.15) is 0 Å². The minimum absolute atomic E-state index is 0.0253. The molecule has 0 saturated carbocycles. The highest BCUT2D eigenvalue weighted by molar-refractivity contribution is 7.18. The maximum absolute atomic E-state index is 12.2. The van der Waals surface area contributed by atoms with Gasteiger partial charge in [0.2, 0.25) is 0 Å². The topological polar surface area (TPSA) is 72.5 Å². The smallest absolute Gasteiger partial charge is 0.307 e. The van der Waals surface area contributed by atoms with Gasteiger partial charge in [-0.15, -0.1) is 11.3 Å². The van der Waals surface area contributed by atoms with E-state index >= 15 is 0 Å². The van der Waals surface area contributed by atoms with Crippen LogP contribution < -0.4 is 5.32 Å². The summed E-state index contributed by atoms with van der Waals surface area (Å²) < 4.78 is 5.67. The van der Waals surface area contributed by atoms with Gasteiger partial charge in [-0.1, -0.05) is 41.9 Å². The third kappa shape index (κ3) is 7.44. The van der Waals surface area contributed by atoms with E-state index in [2.05, 4.69) is 5.32 Å². The van der Waals surface area contributed by atoms with Crippen LogP contribution in [-0.4, -0.2) is 29.8 Å². The molecule has 5 nitrogen and oxygen atoms in total. The lowest BCUT2D eigenvalue weighted by atomic mass is 10.1. The van der Waals surface area contributed by atoms with E-state index in [0.717, 1.165) is 12.8 Å². The van der Waals surface area contributed by atoms with E-state index in [1.807, 2.05) is 37.3 Å². The molecule has 1 heterocycles. The molecule has 1 aromatic heterocycles. The highest BCUT2D eigenvalue weighted by atomic mass is 35.5. The molecule has 0 aliphatic carbocycles. The second-order valence-corrected chi connectivity index (χ2v) is 8.31. The number of carbonyl (C=O) groups is 3. The maximum Gasteiger partial charge on any atom is 0.307 e. The fourth-order valence-corrected chi connectivity index (χ4v) is 3.58. The van der Waals surface area contributed by atoms with Crippen molar-refractivity contribution in [1.29, 1.82) is 0 Å². The van der Waals surface area contributed by atoms with Crippen molar-refractivity contribution in [1.82, 2.24) is 5.32 Å². The fourth-order valence-electron chi connectivity index (χ4n) is 2.57. The van der Waals surface area contributed by atoms with Gasteiger partial charge in [-0.3, -0.25) is 14.4 Å². The Balaban J connectivity index is 1.68. The predicted molar refractivity (Wildman–Crippen MR) is 111 cm³/mol. The zero-order chi connectivity index (χ0) is 20.5. The number of rotatable bonds is 10. The average molecular weight is 422 g/mol. The Bertz CT molecular complexity index is 806. The molecule has 2 rings (SSSR count). The van der Waals surface area contributed by atoms with Gasteiger partial charge in [-0.05, 0) is 44.4 Å². The van der Waals surface area contributed by atoms with Crippen LogP contribution in [0.1, 0.15) is 48.3 Å². The highest BCUT2D eigenvalue weighted by Gasteiger charge is 2.20. The number of hydrogen-bond acceptors (Lipinski definition) is 5. The van der Waals surface area contributed by atoms with Crippen molar-refractivity contribution < 1.29 is 19.1 Å². The molecule has 2 aromatic rings. The fraction of sp³-hybridized carbons (Fsp3) is 0.381. The number of nitrogens with one attached hydrogen (secondary N) is 1. The number of ether oxygens (including phenoxy) is 1. The monoisotopic (exact) mass is 421 g/mol. The Kier molecular flexibility index (Phi) is 8.67. The van der Waals surface area contributed by atoms with Crippen LogP contribution in [0.5, 0.6) is 0 Å². The van der Waals surface area contributed by atoms with Crippen LogP contribution >= 0.6 is 22.9 Å². The van der Waals surface area contributed by atoms with Gasteiger partial charge in [-0.25, -0.2) is 0 Å². The van der Waals surface area contributed by atoms with Crippen LogP contribution in [0.3, 0.4) is 0 Å². The van der Waals surface area contributed by atoms with Crippen molar-refractivity contribution in [2.75, 3.05) is 0 Å². The summed E-state index contributed by atoms with van der Waals surface area (Å²) >= 11 is 6.98. The van der Waals surface area contributed by atoms with E-state index in [9.17, 15) is 14.4 Å². The number of thiophene rings is 1. The zero-order valence-electron chi connectivity index (χ0n) is 15.9.